The Bertz CT molecular complexity index is 290. The van der Waals surface area contributed by atoms with Gasteiger partial charge in [0.05, 0.1) is 39.3 Å². The van der Waals surface area contributed by atoms with E-state index in [1.165, 1.54) is 64.2 Å². The van der Waals surface area contributed by atoms with Crippen molar-refractivity contribution in [2.75, 3.05) is 45.8 Å². The molecule has 2 heterocycles. The van der Waals surface area contributed by atoms with Crippen LogP contribution in [0.1, 0.15) is 19.3 Å². The van der Waals surface area contributed by atoms with Crippen molar-refractivity contribution in [1.29, 1.82) is 0 Å². The van der Waals surface area contributed by atoms with E-state index in [-0.39, 0.29) is 49.6 Å². The molecule has 0 aliphatic carbocycles. The van der Waals surface area contributed by atoms with Gasteiger partial charge in [-0.15, -0.1) is 0 Å². The predicted molar refractivity (Wildman–Crippen MR) is 71.2 cm³/mol. The second-order valence-corrected chi connectivity index (χ2v) is 5.35. The summed E-state index contributed by atoms with van der Waals surface area (Å²) >= 11 is 0. The Morgan fingerprint density at radius 1 is 0.864 bits per heavy atom. The molecule has 1 saturated heterocycles. The third-order valence-corrected chi connectivity index (χ3v) is 3.74. The van der Waals surface area contributed by atoms with Crippen LogP contribution in [0, 0.1) is 0 Å². The Hall–Kier alpha value is 0.410. The number of hydrogen-bond donors (Lipinski definition) is 4. The van der Waals surface area contributed by atoms with E-state index in [4.69, 9.17) is 0 Å². The molecule has 5 nitrogen and oxygen atoms in total. The van der Waals surface area contributed by atoms with Gasteiger partial charge in [0, 0.05) is 25.3 Å². The molecular weight excluding hydrogens is 368 g/mol. The zero-order chi connectivity index (χ0) is 12.5. The molecule has 0 bridgehead atoms. The molecule has 0 spiro atoms. The molecule has 2 rings (SSSR count). The summed E-state index contributed by atoms with van der Waals surface area (Å²) in [5, 5.41) is 9.36. The maximum Gasteiger partial charge on any atom is 0.155 e. The zero-order valence-electron chi connectivity index (χ0n) is 12.9. The smallest absolute Gasteiger partial charge is 0.155 e. The monoisotopic (exact) mass is 395 g/mol. The normalized spacial score (nSPS) is 19.9. The molecule has 1 fully saturated rings. The molecule has 2 aliphatic heterocycles. The van der Waals surface area contributed by atoms with Crippen LogP contribution < -0.4 is 70.6 Å². The van der Waals surface area contributed by atoms with Gasteiger partial charge in [0.25, 0.3) is 0 Å². The van der Waals surface area contributed by atoms with Crippen molar-refractivity contribution in [2.45, 2.75) is 19.3 Å². The van der Waals surface area contributed by atoms with Crippen molar-refractivity contribution >= 4 is 5.71 Å². The van der Waals surface area contributed by atoms with Gasteiger partial charge in [-0.2, -0.15) is 5.43 Å². The third-order valence-electron chi connectivity index (χ3n) is 3.74. The lowest BCUT2D eigenvalue weighted by Gasteiger charge is -2.18. The van der Waals surface area contributed by atoms with Crippen LogP contribution in [0.4, 0.5) is 0 Å². The summed E-state index contributed by atoms with van der Waals surface area (Å²) in [4.78, 5) is 1.70. The molecule has 0 aromatic rings. The van der Waals surface area contributed by atoms with Crippen molar-refractivity contribution in [3.05, 3.63) is 12.3 Å². The zero-order valence-corrected chi connectivity index (χ0v) is 15.9. The van der Waals surface area contributed by atoms with Gasteiger partial charge < -0.3 is 65.2 Å². The van der Waals surface area contributed by atoms with Crippen LogP contribution >= 0.6 is 0 Å². The molecule has 9 heteroatoms. The van der Waals surface area contributed by atoms with E-state index in [0.717, 1.165) is 6.54 Å². The van der Waals surface area contributed by atoms with Crippen LogP contribution in [0.5, 0.6) is 0 Å². The Balaban J connectivity index is -0.000000902. The fourth-order valence-electron chi connectivity index (χ4n) is 2.69. The highest BCUT2D eigenvalue weighted by Gasteiger charge is 2.15. The van der Waals surface area contributed by atoms with Crippen LogP contribution in [0.2, 0.25) is 0 Å². The van der Waals surface area contributed by atoms with E-state index in [1.54, 1.807) is 4.90 Å². The van der Waals surface area contributed by atoms with Crippen molar-refractivity contribution in [3.63, 3.8) is 0 Å². The van der Waals surface area contributed by atoms with Gasteiger partial charge in [0.2, 0.25) is 0 Å². The minimum atomic E-state index is 0. The first kappa shape index (κ1) is 27.3. The second kappa shape index (κ2) is 17.8. The maximum absolute atomic E-state index is 4.40. The first-order valence-corrected chi connectivity index (χ1v) is 7.48. The molecule has 22 heavy (non-hydrogen) atoms. The molecule has 7 N–H and O–H groups in total. The summed E-state index contributed by atoms with van der Waals surface area (Å²) in [5.74, 6) is 0. The fraction of sp³-hybridized carbons (Fsp3) is 0.769. The van der Waals surface area contributed by atoms with E-state index in [2.05, 4.69) is 21.8 Å². The molecular formula is C13H29Cl4N5. The molecule has 0 unspecified atom stereocenters. The lowest BCUT2D eigenvalue weighted by atomic mass is 10.2. The Morgan fingerprint density at radius 3 is 1.91 bits per heavy atom. The summed E-state index contributed by atoms with van der Waals surface area (Å²) in [6.07, 6.45) is 8.22. The first-order chi connectivity index (χ1) is 8.95. The van der Waals surface area contributed by atoms with Crippen LogP contribution in [-0.4, -0.2) is 51.5 Å². The second-order valence-electron chi connectivity index (χ2n) is 5.35. The summed E-state index contributed by atoms with van der Waals surface area (Å²) in [7, 11) is 0. The SMILES string of the molecule is C1=CC(C[NH+]2CCC[NH2+]CCC[NH2+]CCC2)=N[NH2+]1.[Cl-].[Cl-].[Cl-].[Cl-]. The van der Waals surface area contributed by atoms with Crippen molar-refractivity contribution in [1.82, 2.24) is 0 Å². The Labute approximate surface area is 158 Å². The summed E-state index contributed by atoms with van der Waals surface area (Å²) in [6, 6.07) is 0. The van der Waals surface area contributed by atoms with Crippen molar-refractivity contribution < 1.29 is 70.6 Å². The predicted octanol–water partition coefficient (Wildman–Crippen LogP) is -16.4. The van der Waals surface area contributed by atoms with Gasteiger partial charge in [-0.05, 0) is 0 Å². The van der Waals surface area contributed by atoms with Gasteiger partial charge in [-0.3, -0.25) is 0 Å². The topological polar surface area (TPSA) is 66.6 Å². The van der Waals surface area contributed by atoms with E-state index in [0.29, 0.717) is 0 Å². The van der Waals surface area contributed by atoms with Crippen LogP contribution in [0.15, 0.2) is 17.4 Å². The van der Waals surface area contributed by atoms with E-state index in [1.807, 2.05) is 11.6 Å². The highest BCUT2D eigenvalue weighted by Crippen LogP contribution is 1.79. The largest absolute Gasteiger partial charge is 1.00 e. The van der Waals surface area contributed by atoms with Gasteiger partial charge in [0.15, 0.2) is 5.71 Å². The number of hydrogen-bond acceptors (Lipinski definition) is 1. The van der Waals surface area contributed by atoms with E-state index in [9.17, 15) is 0 Å². The molecule has 0 amide bonds. The standard InChI is InChI=1S/C13H25N5.4ClH/c1-5-14-7-2-10-18(11-3-8-15-6-1)12-13-4-9-16-17-13;;;;/h4,9,14-15H,1-3,5-8,10-12H2,(H,16,17);4*1H. The maximum atomic E-state index is 4.40. The Morgan fingerprint density at radius 2 is 1.41 bits per heavy atom. The minimum Gasteiger partial charge on any atom is -1.00 e. The van der Waals surface area contributed by atoms with Gasteiger partial charge in [0.1, 0.15) is 12.7 Å². The molecule has 134 valence electrons. The summed E-state index contributed by atoms with van der Waals surface area (Å²) < 4.78 is 0. The van der Waals surface area contributed by atoms with Crippen LogP contribution in [0.25, 0.3) is 0 Å². The van der Waals surface area contributed by atoms with Crippen molar-refractivity contribution in [3.8, 4) is 0 Å². The molecule has 0 radical (unpaired) electrons. The van der Waals surface area contributed by atoms with Gasteiger partial charge in [-0.25, -0.2) is 0 Å². The van der Waals surface area contributed by atoms with Gasteiger partial charge in [-0.1, -0.05) is 5.10 Å². The van der Waals surface area contributed by atoms with E-state index >= 15 is 0 Å². The highest BCUT2D eigenvalue weighted by atomic mass is 35.5. The van der Waals surface area contributed by atoms with Crippen LogP contribution in [0.3, 0.4) is 0 Å². The summed E-state index contributed by atoms with van der Waals surface area (Å²) in [6.45, 7) is 8.88. The van der Waals surface area contributed by atoms with Gasteiger partial charge >= 0.3 is 0 Å². The number of quaternary nitrogens is 4. The number of nitrogens with zero attached hydrogens (tertiary/aromatic N) is 1. The van der Waals surface area contributed by atoms with E-state index < -0.39 is 0 Å². The molecule has 0 aromatic heterocycles. The Kier molecular flexibility index (Phi) is 22.0. The molecule has 2 aliphatic rings. The minimum absolute atomic E-state index is 0. The molecule has 0 saturated carbocycles. The lowest BCUT2D eigenvalue weighted by Crippen LogP contribution is -3.13. The first-order valence-electron chi connectivity index (χ1n) is 7.48. The number of nitrogens with one attached hydrogen (secondary N) is 1. The molecule has 0 aromatic carbocycles. The summed E-state index contributed by atoms with van der Waals surface area (Å²) in [5.41, 5.74) is 3.16. The average molecular weight is 397 g/mol. The number of rotatable bonds is 2. The lowest BCUT2D eigenvalue weighted by molar-refractivity contribution is -0.894. The average Bonchev–Trinajstić information content (AvgIpc) is 2.85. The number of halogens is 4. The highest BCUT2D eigenvalue weighted by molar-refractivity contribution is 5.95. The number of nitrogens with two attached hydrogens (primary N) is 3. The third kappa shape index (κ3) is 11.9. The molecule has 0 atom stereocenters. The quantitative estimate of drug-likeness (QED) is 0.335. The van der Waals surface area contributed by atoms with Crippen LogP contribution in [-0.2, 0) is 0 Å². The fourth-order valence-corrected chi connectivity index (χ4v) is 2.69. The van der Waals surface area contributed by atoms with Crippen molar-refractivity contribution in [2.24, 2.45) is 5.10 Å².